The molecule has 0 spiro atoms. The Hall–Kier alpha value is -2.95. The molecule has 0 saturated heterocycles. The van der Waals surface area contributed by atoms with E-state index in [4.69, 9.17) is 4.74 Å². The van der Waals surface area contributed by atoms with Crippen molar-refractivity contribution in [1.82, 2.24) is 0 Å². The van der Waals surface area contributed by atoms with Gasteiger partial charge >= 0.3 is 5.97 Å². The Kier molecular flexibility index (Phi) is 6.24. The monoisotopic (exact) mass is 379 g/mol. The minimum absolute atomic E-state index is 0.239. The molecule has 3 rings (SSSR count). The predicted molar refractivity (Wildman–Crippen MR) is 108 cm³/mol. The van der Waals surface area contributed by atoms with Crippen molar-refractivity contribution in [3.05, 3.63) is 64.7 Å². The second kappa shape index (κ2) is 8.83. The van der Waals surface area contributed by atoms with E-state index in [0.717, 1.165) is 29.7 Å². The number of rotatable bonds is 8. The summed E-state index contributed by atoms with van der Waals surface area (Å²) in [7, 11) is 0. The summed E-state index contributed by atoms with van der Waals surface area (Å²) in [5, 5.41) is 0. The molecule has 0 aromatic heterocycles. The standard InChI is InChI=1S/C23H25NO4/c1-3-4-5-6-7-14-28-23(27)17-10-13-19-20(15-17)22(26)24(21(19)25)18-11-8-16(2)9-12-18/h8-13,15H,3-7,14H2,1-2H3. The minimum atomic E-state index is -0.465. The first-order valence-electron chi connectivity index (χ1n) is 9.79. The maximum Gasteiger partial charge on any atom is 0.338 e. The highest BCUT2D eigenvalue weighted by molar-refractivity contribution is 6.34. The van der Waals surface area contributed by atoms with Crippen LogP contribution < -0.4 is 4.90 Å². The number of anilines is 1. The number of fused-ring (bicyclic) bond motifs is 1. The van der Waals surface area contributed by atoms with Crippen LogP contribution in [0.15, 0.2) is 42.5 Å². The van der Waals surface area contributed by atoms with E-state index in [-0.39, 0.29) is 11.5 Å². The lowest BCUT2D eigenvalue weighted by Crippen LogP contribution is -2.29. The van der Waals surface area contributed by atoms with E-state index in [9.17, 15) is 14.4 Å². The number of hydrogen-bond acceptors (Lipinski definition) is 4. The first-order valence-corrected chi connectivity index (χ1v) is 9.79. The Morgan fingerprint density at radius 1 is 0.893 bits per heavy atom. The highest BCUT2D eigenvalue weighted by Gasteiger charge is 2.37. The van der Waals surface area contributed by atoms with Gasteiger partial charge in [0.05, 0.1) is 29.0 Å². The van der Waals surface area contributed by atoms with Gasteiger partial charge in [0.15, 0.2) is 0 Å². The van der Waals surface area contributed by atoms with Gasteiger partial charge in [-0.2, -0.15) is 0 Å². The molecular formula is C23H25NO4. The van der Waals surface area contributed by atoms with Gasteiger partial charge in [0.1, 0.15) is 0 Å². The van der Waals surface area contributed by atoms with Gasteiger partial charge in [-0.15, -0.1) is 0 Å². The molecule has 0 atom stereocenters. The third-order valence-corrected chi connectivity index (χ3v) is 4.90. The van der Waals surface area contributed by atoms with Gasteiger partial charge in [0.25, 0.3) is 11.8 Å². The lowest BCUT2D eigenvalue weighted by molar-refractivity contribution is 0.0497. The van der Waals surface area contributed by atoms with Gasteiger partial charge in [-0.05, 0) is 43.7 Å². The molecule has 1 aliphatic heterocycles. The van der Waals surface area contributed by atoms with Crippen molar-refractivity contribution in [2.75, 3.05) is 11.5 Å². The van der Waals surface area contributed by atoms with Gasteiger partial charge in [-0.3, -0.25) is 9.59 Å². The molecule has 5 nitrogen and oxygen atoms in total. The zero-order valence-electron chi connectivity index (χ0n) is 16.4. The number of ether oxygens (including phenoxy) is 1. The average Bonchev–Trinajstić information content (AvgIpc) is 2.95. The van der Waals surface area contributed by atoms with Crippen molar-refractivity contribution in [3.63, 3.8) is 0 Å². The summed E-state index contributed by atoms with van der Waals surface area (Å²) >= 11 is 0. The second-order valence-electron chi connectivity index (χ2n) is 7.09. The third-order valence-electron chi connectivity index (χ3n) is 4.90. The number of aryl methyl sites for hydroxylation is 1. The summed E-state index contributed by atoms with van der Waals surface area (Å²) in [5.74, 6) is -1.26. The van der Waals surface area contributed by atoms with Crippen LogP contribution in [0.1, 0.15) is 75.7 Å². The van der Waals surface area contributed by atoms with Gasteiger partial charge in [0, 0.05) is 0 Å². The summed E-state index contributed by atoms with van der Waals surface area (Å²) in [4.78, 5) is 38.9. The molecule has 1 heterocycles. The van der Waals surface area contributed by atoms with Crippen LogP contribution in [0.2, 0.25) is 0 Å². The van der Waals surface area contributed by atoms with E-state index in [1.54, 1.807) is 18.2 Å². The molecular weight excluding hydrogens is 354 g/mol. The highest BCUT2D eigenvalue weighted by atomic mass is 16.5. The van der Waals surface area contributed by atoms with Crippen LogP contribution in [0.25, 0.3) is 0 Å². The fourth-order valence-electron chi connectivity index (χ4n) is 3.25. The molecule has 2 aromatic carbocycles. The number of esters is 1. The fourth-order valence-corrected chi connectivity index (χ4v) is 3.25. The highest BCUT2D eigenvalue weighted by Crippen LogP contribution is 2.29. The quantitative estimate of drug-likeness (QED) is 0.371. The molecule has 0 aliphatic carbocycles. The normalized spacial score (nSPS) is 13.0. The number of benzene rings is 2. The molecule has 2 amide bonds. The van der Waals surface area contributed by atoms with Crippen LogP contribution in [0.5, 0.6) is 0 Å². The van der Waals surface area contributed by atoms with Crippen molar-refractivity contribution in [3.8, 4) is 0 Å². The largest absolute Gasteiger partial charge is 0.462 e. The van der Waals surface area contributed by atoms with Crippen LogP contribution in [-0.2, 0) is 4.74 Å². The summed E-state index contributed by atoms with van der Waals surface area (Å²) in [6, 6.07) is 11.7. The van der Waals surface area contributed by atoms with Crippen molar-refractivity contribution in [2.45, 2.75) is 46.0 Å². The van der Waals surface area contributed by atoms with Crippen LogP contribution in [0.3, 0.4) is 0 Å². The van der Waals surface area contributed by atoms with E-state index in [1.807, 2.05) is 19.1 Å². The summed E-state index contributed by atoms with van der Waals surface area (Å²) in [6.45, 7) is 4.45. The van der Waals surface area contributed by atoms with Crippen LogP contribution in [-0.4, -0.2) is 24.4 Å². The molecule has 1 aliphatic rings. The van der Waals surface area contributed by atoms with Crippen LogP contribution in [0.4, 0.5) is 5.69 Å². The van der Waals surface area contributed by atoms with Gasteiger partial charge in [-0.1, -0.05) is 50.3 Å². The molecule has 2 aromatic rings. The molecule has 0 unspecified atom stereocenters. The van der Waals surface area contributed by atoms with Gasteiger partial charge in [0.2, 0.25) is 0 Å². The predicted octanol–water partition coefficient (Wildman–Crippen LogP) is 4.92. The average molecular weight is 379 g/mol. The molecule has 0 bridgehead atoms. The van der Waals surface area contributed by atoms with Gasteiger partial charge < -0.3 is 4.74 Å². The lowest BCUT2D eigenvalue weighted by Gasteiger charge is -2.13. The summed E-state index contributed by atoms with van der Waals surface area (Å²) in [6.07, 6.45) is 5.35. The zero-order chi connectivity index (χ0) is 20.1. The number of carbonyl (C=O) groups excluding carboxylic acids is 3. The first kappa shape index (κ1) is 19.8. The Balaban J connectivity index is 1.69. The smallest absolute Gasteiger partial charge is 0.338 e. The van der Waals surface area contributed by atoms with Crippen LogP contribution >= 0.6 is 0 Å². The van der Waals surface area contributed by atoms with Crippen molar-refractivity contribution in [2.24, 2.45) is 0 Å². The maximum atomic E-state index is 12.8. The Labute approximate surface area is 165 Å². The number of carbonyl (C=O) groups is 3. The number of amides is 2. The molecule has 0 saturated carbocycles. The summed E-state index contributed by atoms with van der Waals surface area (Å²) < 4.78 is 5.31. The summed E-state index contributed by atoms with van der Waals surface area (Å²) in [5.41, 5.74) is 2.40. The maximum absolute atomic E-state index is 12.8. The molecule has 0 radical (unpaired) electrons. The zero-order valence-corrected chi connectivity index (χ0v) is 16.4. The van der Waals surface area contributed by atoms with E-state index < -0.39 is 11.9 Å². The molecule has 0 fully saturated rings. The van der Waals surface area contributed by atoms with Crippen molar-refractivity contribution in [1.29, 1.82) is 0 Å². The molecule has 0 N–H and O–H groups in total. The second-order valence-corrected chi connectivity index (χ2v) is 7.09. The Morgan fingerprint density at radius 3 is 2.29 bits per heavy atom. The number of imide groups is 1. The SMILES string of the molecule is CCCCCCCOC(=O)c1ccc2c(c1)C(=O)N(c1ccc(C)cc1)C2=O. The molecule has 5 heteroatoms. The first-order chi connectivity index (χ1) is 13.5. The van der Waals surface area contributed by atoms with Crippen LogP contribution in [0, 0.1) is 6.92 Å². The minimum Gasteiger partial charge on any atom is -0.462 e. The van der Waals surface area contributed by atoms with E-state index in [1.165, 1.54) is 25.0 Å². The Morgan fingerprint density at radius 2 is 1.57 bits per heavy atom. The number of hydrogen-bond donors (Lipinski definition) is 0. The van der Waals surface area contributed by atoms with E-state index in [0.29, 0.717) is 23.4 Å². The molecule has 28 heavy (non-hydrogen) atoms. The third kappa shape index (κ3) is 4.14. The van der Waals surface area contributed by atoms with E-state index >= 15 is 0 Å². The number of nitrogens with zero attached hydrogens (tertiary/aromatic N) is 1. The topological polar surface area (TPSA) is 63.7 Å². The molecule has 146 valence electrons. The lowest BCUT2D eigenvalue weighted by atomic mass is 10.1. The van der Waals surface area contributed by atoms with Crippen molar-refractivity contribution >= 4 is 23.5 Å². The number of unbranched alkanes of at least 4 members (excludes halogenated alkanes) is 4. The Bertz CT molecular complexity index is 886. The van der Waals surface area contributed by atoms with E-state index in [2.05, 4.69) is 6.92 Å². The van der Waals surface area contributed by atoms with Gasteiger partial charge in [-0.25, -0.2) is 9.69 Å². The fraction of sp³-hybridized carbons (Fsp3) is 0.348. The van der Waals surface area contributed by atoms with Crippen molar-refractivity contribution < 1.29 is 19.1 Å².